The minimum Gasteiger partial charge on any atom is -0.457 e. The second kappa shape index (κ2) is 15.9. The van der Waals surface area contributed by atoms with Crippen molar-refractivity contribution in [3.8, 4) is 17.3 Å². The van der Waals surface area contributed by atoms with Crippen molar-refractivity contribution in [2.45, 2.75) is 111 Å². The number of rotatable bonds is 9. The molecule has 2 aliphatic heterocycles. The fraction of sp³-hybridized carbons (Fsp3) is 0.300. The van der Waals surface area contributed by atoms with Crippen LogP contribution in [-0.4, -0.2) is 28.0 Å². The third-order valence-corrected chi connectivity index (χ3v) is 14.2. The van der Waals surface area contributed by atoms with Gasteiger partial charge in [-0.05, 0) is 112 Å². The predicted octanol–water partition coefficient (Wildman–Crippen LogP) is 15.2. The Labute approximate surface area is 385 Å². The second-order valence-electron chi connectivity index (χ2n) is 20.8. The molecule has 6 aromatic carbocycles. The van der Waals surface area contributed by atoms with Gasteiger partial charge in [0.15, 0.2) is 0 Å². The highest BCUT2D eigenvalue weighted by Gasteiger charge is 2.39. The molecule has 0 N–H and O–H groups in total. The summed E-state index contributed by atoms with van der Waals surface area (Å²) in [4.78, 5) is 13.4. The lowest BCUT2D eigenvalue weighted by Gasteiger charge is -2.35. The molecule has 8 aromatic rings. The summed E-state index contributed by atoms with van der Waals surface area (Å²) in [5.41, 5.74) is 15.7. The van der Waals surface area contributed by atoms with E-state index in [0.717, 1.165) is 46.3 Å². The molecule has 5 nitrogen and oxygen atoms in total. The normalized spacial score (nSPS) is 15.7. The quantitative estimate of drug-likeness (QED) is 0.145. The molecule has 0 unspecified atom stereocenters. The molecule has 5 heteroatoms. The number of anilines is 1. The minimum absolute atomic E-state index is 0.0135. The zero-order valence-corrected chi connectivity index (χ0v) is 40.0. The van der Waals surface area contributed by atoms with E-state index in [4.69, 9.17) is 14.7 Å². The molecule has 0 bridgehead atoms. The lowest BCUT2D eigenvalue weighted by Crippen LogP contribution is -2.33. The summed E-state index contributed by atoms with van der Waals surface area (Å²) >= 11 is 0. The van der Waals surface area contributed by atoms with E-state index in [2.05, 4.69) is 219 Å². The summed E-state index contributed by atoms with van der Waals surface area (Å²) < 4.78 is 9.59. The van der Waals surface area contributed by atoms with Gasteiger partial charge in [-0.2, -0.15) is 0 Å². The van der Waals surface area contributed by atoms with Crippen molar-refractivity contribution < 1.29 is 4.74 Å². The van der Waals surface area contributed by atoms with Gasteiger partial charge >= 0.3 is 0 Å². The van der Waals surface area contributed by atoms with E-state index in [1.165, 1.54) is 66.5 Å². The number of pyridine rings is 1. The lowest BCUT2D eigenvalue weighted by molar-refractivity contribution is 0.478. The second-order valence-corrected chi connectivity index (χ2v) is 20.8. The van der Waals surface area contributed by atoms with Crippen LogP contribution in [0.15, 0.2) is 145 Å². The van der Waals surface area contributed by atoms with Crippen molar-refractivity contribution in [2.75, 3.05) is 11.4 Å². The van der Waals surface area contributed by atoms with Gasteiger partial charge in [0.25, 0.3) is 0 Å². The molecule has 1 atom stereocenters. The van der Waals surface area contributed by atoms with E-state index in [1.54, 1.807) is 0 Å². The number of amidine groups is 1. The first-order valence-corrected chi connectivity index (χ1v) is 23.6. The number of fused-ring (bicyclic) bond motifs is 5. The smallest absolute Gasteiger partial charge is 0.141 e. The van der Waals surface area contributed by atoms with Crippen LogP contribution in [-0.2, 0) is 10.8 Å². The van der Waals surface area contributed by atoms with E-state index in [9.17, 15) is 0 Å². The van der Waals surface area contributed by atoms with Crippen molar-refractivity contribution in [3.63, 3.8) is 0 Å². The number of aromatic nitrogens is 2. The Morgan fingerprint density at radius 3 is 2.05 bits per heavy atom. The molecule has 4 heterocycles. The molecule has 0 saturated carbocycles. The summed E-state index contributed by atoms with van der Waals surface area (Å²) in [5, 5.41) is 2.48. The van der Waals surface area contributed by atoms with Crippen LogP contribution in [0.25, 0.3) is 27.6 Å². The predicted molar refractivity (Wildman–Crippen MR) is 272 cm³/mol. The Morgan fingerprint density at radius 1 is 0.677 bits per heavy atom. The van der Waals surface area contributed by atoms with Gasteiger partial charge in [-0.1, -0.05) is 153 Å². The van der Waals surface area contributed by atoms with Gasteiger partial charge in [0.2, 0.25) is 0 Å². The maximum atomic E-state index is 7.19. The van der Waals surface area contributed by atoms with Crippen molar-refractivity contribution in [3.05, 3.63) is 195 Å². The average Bonchev–Trinajstić information content (AvgIpc) is 3.85. The largest absolute Gasteiger partial charge is 0.457 e. The van der Waals surface area contributed by atoms with E-state index < -0.39 is 0 Å². The fourth-order valence-corrected chi connectivity index (χ4v) is 10.6. The molecule has 2 aromatic heterocycles. The van der Waals surface area contributed by atoms with Crippen LogP contribution in [0.5, 0.6) is 11.5 Å². The summed E-state index contributed by atoms with van der Waals surface area (Å²) in [7, 11) is 0. The maximum absolute atomic E-state index is 7.19. The first-order valence-electron chi connectivity index (χ1n) is 23.6. The number of aryl methyl sites for hydroxylation is 2. The molecule has 0 saturated heterocycles. The van der Waals surface area contributed by atoms with Crippen molar-refractivity contribution in [1.82, 2.24) is 9.55 Å². The van der Waals surface area contributed by atoms with Gasteiger partial charge in [-0.25, -0.2) is 4.98 Å². The Balaban J connectivity index is 1.15. The number of ether oxygens (including phenoxy) is 1. The van der Waals surface area contributed by atoms with Gasteiger partial charge in [0, 0.05) is 57.7 Å². The highest BCUT2D eigenvalue weighted by atomic mass is 16.5. The molecular weight excluding hydrogens is 793 g/mol. The minimum atomic E-state index is -0.220. The summed E-state index contributed by atoms with van der Waals surface area (Å²) in [6.45, 7) is 25.9. The summed E-state index contributed by atoms with van der Waals surface area (Å²) in [6.07, 6.45) is 1.92. The van der Waals surface area contributed by atoms with Crippen LogP contribution < -0.4 is 9.64 Å². The van der Waals surface area contributed by atoms with Gasteiger partial charge in [-0.3, -0.25) is 9.56 Å². The zero-order valence-electron chi connectivity index (χ0n) is 40.0. The maximum Gasteiger partial charge on any atom is 0.141 e. The van der Waals surface area contributed by atoms with E-state index in [1.807, 2.05) is 6.20 Å². The van der Waals surface area contributed by atoms with Gasteiger partial charge in [0.05, 0.1) is 17.1 Å². The number of hydrogen-bond acceptors (Lipinski definition) is 4. The molecular formula is C60H62N4O. The van der Waals surface area contributed by atoms with E-state index in [0.29, 0.717) is 5.92 Å². The van der Waals surface area contributed by atoms with Gasteiger partial charge in [-0.15, -0.1) is 0 Å². The third kappa shape index (κ3) is 7.24. The number of para-hydroxylation sites is 1. The van der Waals surface area contributed by atoms with Crippen LogP contribution in [0.2, 0.25) is 0 Å². The molecule has 0 radical (unpaired) electrons. The van der Waals surface area contributed by atoms with Crippen molar-refractivity contribution in [2.24, 2.45) is 4.99 Å². The van der Waals surface area contributed by atoms with Crippen LogP contribution in [0.4, 0.5) is 5.69 Å². The molecule has 328 valence electrons. The van der Waals surface area contributed by atoms with Crippen LogP contribution >= 0.6 is 0 Å². The average molecular weight is 855 g/mol. The van der Waals surface area contributed by atoms with Crippen molar-refractivity contribution >= 4 is 33.3 Å². The summed E-state index contributed by atoms with van der Waals surface area (Å²) in [6, 6.07) is 49.1. The molecule has 10 rings (SSSR count). The van der Waals surface area contributed by atoms with Crippen LogP contribution in [0.1, 0.15) is 136 Å². The highest BCUT2D eigenvalue weighted by Crippen LogP contribution is 2.50. The Morgan fingerprint density at radius 2 is 1.38 bits per heavy atom. The molecule has 0 spiro atoms. The molecule has 2 aliphatic rings. The van der Waals surface area contributed by atoms with Crippen molar-refractivity contribution in [1.29, 1.82) is 0 Å². The molecule has 0 fully saturated rings. The van der Waals surface area contributed by atoms with Crippen LogP contribution in [0.3, 0.4) is 0 Å². The van der Waals surface area contributed by atoms with Gasteiger partial charge < -0.3 is 9.64 Å². The monoisotopic (exact) mass is 854 g/mol. The topological polar surface area (TPSA) is 42.6 Å². The standard InChI is InChI=1S/C60H62N4O/c1-36(2)42-29-43(57-62-51(35-63(57)55-38(5)20-18-25-46(55)37(3)4)54(40-21-14-12-15-22-40)41-23-16-13-17-24-41)31-45(30-42)65-53-34-52-47(28-39(53)6)48-32-44(59(7,8)9)33-50-56(48)64(52)58-49(60(50,10)11)26-19-27-61-58/h12-34,36-37,51,54H,35H2,1-11H3/t51-/m0/s1. The molecule has 0 amide bonds. The highest BCUT2D eigenvalue weighted by molar-refractivity contribution is 6.13. The number of nitrogens with zero attached hydrogens (tertiary/aromatic N) is 4. The first-order chi connectivity index (χ1) is 31.1. The summed E-state index contributed by atoms with van der Waals surface area (Å²) in [5.74, 6) is 4.29. The molecule has 0 aliphatic carbocycles. The van der Waals surface area contributed by atoms with Crippen LogP contribution in [0, 0.1) is 13.8 Å². The van der Waals surface area contributed by atoms with Gasteiger partial charge in [0.1, 0.15) is 23.2 Å². The number of aliphatic imine (C=N–C) groups is 1. The van der Waals surface area contributed by atoms with E-state index in [-0.39, 0.29) is 28.7 Å². The first kappa shape index (κ1) is 42.5. The fourth-order valence-electron chi connectivity index (χ4n) is 10.6. The zero-order chi connectivity index (χ0) is 45.5. The Bertz CT molecular complexity index is 3110. The Kier molecular flexibility index (Phi) is 10.4. The lowest BCUT2D eigenvalue weighted by atomic mass is 9.73. The molecule has 65 heavy (non-hydrogen) atoms. The Hall–Kier alpha value is -6.46. The van der Waals surface area contributed by atoms with E-state index >= 15 is 0 Å². The number of benzene rings is 6. The third-order valence-electron chi connectivity index (χ3n) is 14.2. The number of hydrogen-bond donors (Lipinski definition) is 0. The SMILES string of the molecule is Cc1cc2c3cc(C(C)(C)C)cc4c3n(c2cc1Oc1cc(C2=N[C@H](C(c3ccccc3)c3ccccc3)CN2c2c(C)cccc2C(C)C)cc(C(C)C)c1)-c1ncccc1C4(C)C.